The maximum atomic E-state index is 12.6. The summed E-state index contributed by atoms with van der Waals surface area (Å²) in [4.78, 5) is 0. The van der Waals surface area contributed by atoms with Gasteiger partial charge in [-0.3, -0.25) is 0 Å². The molecule has 0 bridgehead atoms. The van der Waals surface area contributed by atoms with Crippen LogP contribution >= 0.6 is 0 Å². The Kier molecular flexibility index (Phi) is 4.44. The Hall–Kier alpha value is -1.05. The molecule has 0 fully saturated rings. The predicted molar refractivity (Wildman–Crippen MR) is 56.0 cm³/mol. The number of benzene rings is 1. The molecule has 14 heavy (non-hydrogen) atoms. The first-order valence-electron chi connectivity index (χ1n) is 5.14. The maximum absolute atomic E-state index is 12.6. The molecule has 1 unspecified atom stereocenters. The molecular formula is C12H17FO. The van der Waals surface area contributed by atoms with Crippen molar-refractivity contribution in [3.05, 3.63) is 30.1 Å². The lowest BCUT2D eigenvalue weighted by Gasteiger charge is -2.13. The fourth-order valence-corrected chi connectivity index (χ4v) is 1.30. The Balaban J connectivity index is 2.39. The third-order valence-corrected chi connectivity index (χ3v) is 2.12. The second-order valence-corrected chi connectivity index (χ2v) is 3.52. The van der Waals surface area contributed by atoms with Crippen molar-refractivity contribution in [2.24, 2.45) is 0 Å². The van der Waals surface area contributed by atoms with Crippen LogP contribution in [-0.2, 0) is 0 Å². The van der Waals surface area contributed by atoms with Crippen molar-refractivity contribution in [3.63, 3.8) is 0 Å². The van der Waals surface area contributed by atoms with Crippen molar-refractivity contribution in [1.29, 1.82) is 0 Å². The second kappa shape index (κ2) is 5.63. The molecule has 0 saturated carbocycles. The van der Waals surface area contributed by atoms with Gasteiger partial charge in [0.1, 0.15) is 11.6 Å². The van der Waals surface area contributed by atoms with E-state index in [0.717, 1.165) is 12.2 Å². The molecule has 0 heterocycles. The van der Waals surface area contributed by atoms with Crippen molar-refractivity contribution in [2.45, 2.75) is 39.2 Å². The van der Waals surface area contributed by atoms with E-state index in [0.29, 0.717) is 0 Å². The summed E-state index contributed by atoms with van der Waals surface area (Å²) in [5.74, 6) is 0.522. The van der Waals surface area contributed by atoms with Gasteiger partial charge in [0, 0.05) is 0 Å². The van der Waals surface area contributed by atoms with E-state index in [1.165, 1.54) is 25.0 Å². The second-order valence-electron chi connectivity index (χ2n) is 3.52. The SMILES string of the molecule is CCCCC(C)Oc1ccc(F)cc1. The number of halogens is 1. The summed E-state index contributed by atoms with van der Waals surface area (Å²) in [5, 5.41) is 0. The summed E-state index contributed by atoms with van der Waals surface area (Å²) in [6.07, 6.45) is 3.60. The fraction of sp³-hybridized carbons (Fsp3) is 0.500. The maximum Gasteiger partial charge on any atom is 0.123 e. The highest BCUT2D eigenvalue weighted by Gasteiger charge is 2.02. The van der Waals surface area contributed by atoms with E-state index in [-0.39, 0.29) is 11.9 Å². The molecule has 1 rings (SSSR count). The Labute approximate surface area is 84.9 Å². The minimum absolute atomic E-state index is 0.209. The van der Waals surface area contributed by atoms with E-state index in [9.17, 15) is 4.39 Å². The van der Waals surface area contributed by atoms with Crippen molar-refractivity contribution in [3.8, 4) is 5.75 Å². The molecular weight excluding hydrogens is 179 g/mol. The lowest BCUT2D eigenvalue weighted by atomic mass is 10.2. The van der Waals surface area contributed by atoms with E-state index in [1.807, 2.05) is 6.92 Å². The quantitative estimate of drug-likeness (QED) is 0.696. The Bertz CT molecular complexity index is 256. The molecule has 1 atom stereocenters. The van der Waals surface area contributed by atoms with Crippen molar-refractivity contribution < 1.29 is 9.13 Å². The summed E-state index contributed by atoms with van der Waals surface area (Å²) in [6, 6.07) is 6.17. The zero-order valence-electron chi connectivity index (χ0n) is 8.79. The van der Waals surface area contributed by atoms with Crippen molar-refractivity contribution in [1.82, 2.24) is 0 Å². The highest BCUT2D eigenvalue weighted by Crippen LogP contribution is 2.15. The highest BCUT2D eigenvalue weighted by molar-refractivity contribution is 5.22. The van der Waals surface area contributed by atoms with Crippen LogP contribution in [0, 0.1) is 5.82 Å². The summed E-state index contributed by atoms with van der Waals surface area (Å²) in [5.41, 5.74) is 0. The largest absolute Gasteiger partial charge is 0.491 e. The molecule has 0 radical (unpaired) electrons. The van der Waals surface area contributed by atoms with Gasteiger partial charge in [0.05, 0.1) is 6.10 Å². The third-order valence-electron chi connectivity index (χ3n) is 2.12. The molecule has 78 valence electrons. The minimum atomic E-state index is -0.224. The zero-order valence-corrected chi connectivity index (χ0v) is 8.79. The molecule has 0 spiro atoms. The fourth-order valence-electron chi connectivity index (χ4n) is 1.30. The van der Waals surface area contributed by atoms with Crippen LogP contribution < -0.4 is 4.74 Å². The van der Waals surface area contributed by atoms with Crippen molar-refractivity contribution >= 4 is 0 Å². The van der Waals surface area contributed by atoms with E-state index in [1.54, 1.807) is 12.1 Å². The van der Waals surface area contributed by atoms with E-state index in [4.69, 9.17) is 4.74 Å². The molecule has 0 aromatic heterocycles. The first-order chi connectivity index (χ1) is 6.72. The molecule has 1 aromatic carbocycles. The van der Waals surface area contributed by atoms with Gasteiger partial charge in [-0.1, -0.05) is 19.8 Å². The molecule has 0 aliphatic carbocycles. The van der Waals surface area contributed by atoms with Crippen LogP contribution in [0.3, 0.4) is 0 Å². The molecule has 0 N–H and O–H groups in total. The number of hydrogen-bond acceptors (Lipinski definition) is 1. The number of rotatable bonds is 5. The number of unbranched alkanes of at least 4 members (excludes halogenated alkanes) is 1. The first kappa shape index (κ1) is 11.0. The van der Waals surface area contributed by atoms with Gasteiger partial charge in [0.2, 0.25) is 0 Å². The minimum Gasteiger partial charge on any atom is -0.491 e. The first-order valence-corrected chi connectivity index (χ1v) is 5.14. The molecule has 0 aliphatic rings. The van der Waals surface area contributed by atoms with Crippen LogP contribution in [0.5, 0.6) is 5.75 Å². The molecule has 2 heteroatoms. The normalized spacial score (nSPS) is 12.5. The lowest BCUT2D eigenvalue weighted by Crippen LogP contribution is -2.11. The summed E-state index contributed by atoms with van der Waals surface area (Å²) >= 11 is 0. The average molecular weight is 196 g/mol. The average Bonchev–Trinajstić information content (AvgIpc) is 2.18. The molecule has 0 amide bonds. The van der Waals surface area contributed by atoms with Gasteiger partial charge in [0.25, 0.3) is 0 Å². The summed E-state index contributed by atoms with van der Waals surface area (Å²) < 4.78 is 18.2. The molecule has 0 saturated heterocycles. The Morgan fingerprint density at radius 1 is 1.29 bits per heavy atom. The zero-order chi connectivity index (χ0) is 10.4. The predicted octanol–water partition coefficient (Wildman–Crippen LogP) is 3.78. The monoisotopic (exact) mass is 196 g/mol. The van der Waals surface area contributed by atoms with Crippen LogP contribution in [0.4, 0.5) is 4.39 Å². The van der Waals surface area contributed by atoms with Crippen LogP contribution in [0.25, 0.3) is 0 Å². The highest BCUT2D eigenvalue weighted by atomic mass is 19.1. The molecule has 0 aliphatic heterocycles. The van der Waals surface area contributed by atoms with E-state index in [2.05, 4.69) is 6.92 Å². The van der Waals surface area contributed by atoms with Gasteiger partial charge in [-0.25, -0.2) is 4.39 Å². The molecule has 1 nitrogen and oxygen atoms in total. The standard InChI is InChI=1S/C12H17FO/c1-3-4-5-10(2)14-12-8-6-11(13)7-9-12/h6-10H,3-5H2,1-2H3. The van der Waals surface area contributed by atoms with Gasteiger partial charge in [-0.05, 0) is 37.6 Å². The van der Waals surface area contributed by atoms with Crippen LogP contribution in [0.1, 0.15) is 33.1 Å². The van der Waals surface area contributed by atoms with Crippen LogP contribution in [-0.4, -0.2) is 6.10 Å². The van der Waals surface area contributed by atoms with Crippen LogP contribution in [0.15, 0.2) is 24.3 Å². The summed E-state index contributed by atoms with van der Waals surface area (Å²) in [7, 11) is 0. The number of ether oxygens (including phenoxy) is 1. The number of hydrogen-bond donors (Lipinski definition) is 0. The van der Waals surface area contributed by atoms with Gasteiger partial charge in [-0.15, -0.1) is 0 Å². The van der Waals surface area contributed by atoms with Crippen LogP contribution in [0.2, 0.25) is 0 Å². The van der Waals surface area contributed by atoms with E-state index >= 15 is 0 Å². The van der Waals surface area contributed by atoms with Crippen molar-refractivity contribution in [2.75, 3.05) is 0 Å². The van der Waals surface area contributed by atoms with Gasteiger partial charge in [-0.2, -0.15) is 0 Å². The summed E-state index contributed by atoms with van der Waals surface area (Å²) in [6.45, 7) is 4.20. The smallest absolute Gasteiger partial charge is 0.123 e. The topological polar surface area (TPSA) is 9.23 Å². The van der Waals surface area contributed by atoms with Gasteiger partial charge < -0.3 is 4.74 Å². The van der Waals surface area contributed by atoms with E-state index < -0.39 is 0 Å². The molecule has 1 aromatic rings. The third kappa shape index (κ3) is 3.77. The Morgan fingerprint density at radius 2 is 1.93 bits per heavy atom. The van der Waals surface area contributed by atoms with Gasteiger partial charge >= 0.3 is 0 Å². The van der Waals surface area contributed by atoms with Gasteiger partial charge in [0.15, 0.2) is 0 Å². The lowest BCUT2D eigenvalue weighted by molar-refractivity contribution is 0.207. The Morgan fingerprint density at radius 3 is 2.50 bits per heavy atom.